The predicted octanol–water partition coefficient (Wildman–Crippen LogP) is 2.12. The molecule has 1 aromatic heterocycles. The van der Waals surface area contributed by atoms with E-state index in [-0.39, 0.29) is 11.9 Å². The Balaban J connectivity index is 1.95. The summed E-state index contributed by atoms with van der Waals surface area (Å²) in [4.78, 5) is 17.8. The van der Waals surface area contributed by atoms with Crippen LogP contribution in [0.5, 0.6) is 0 Å². The van der Waals surface area contributed by atoms with Gasteiger partial charge in [0, 0.05) is 19.3 Å². The summed E-state index contributed by atoms with van der Waals surface area (Å²) >= 11 is 5.86. The lowest BCUT2D eigenvalue weighted by molar-refractivity contribution is -0.147. The van der Waals surface area contributed by atoms with Crippen molar-refractivity contribution in [1.82, 2.24) is 9.88 Å². The first-order valence-electron chi connectivity index (χ1n) is 6.09. The van der Waals surface area contributed by atoms with E-state index in [0.717, 1.165) is 38.0 Å². The number of aromatic nitrogens is 1. The van der Waals surface area contributed by atoms with Gasteiger partial charge in [-0.25, -0.2) is 4.98 Å². The largest absolute Gasteiger partial charge is 0.469 e. The number of halogens is 1. The summed E-state index contributed by atoms with van der Waals surface area (Å²) in [6.45, 7) is 2.57. The number of rotatable bonds is 3. The first-order valence-corrected chi connectivity index (χ1v) is 6.47. The Morgan fingerprint density at radius 3 is 3.22 bits per heavy atom. The van der Waals surface area contributed by atoms with Crippen LogP contribution in [-0.4, -0.2) is 36.1 Å². The Hall–Kier alpha value is -1.13. The van der Waals surface area contributed by atoms with Crippen LogP contribution in [0.25, 0.3) is 0 Å². The highest BCUT2D eigenvalue weighted by molar-refractivity contribution is 6.29. The van der Waals surface area contributed by atoms with E-state index in [2.05, 4.69) is 9.88 Å². The molecule has 18 heavy (non-hydrogen) atoms. The molecule has 1 fully saturated rings. The Morgan fingerprint density at radius 2 is 2.50 bits per heavy atom. The van der Waals surface area contributed by atoms with Gasteiger partial charge in [0.05, 0.1) is 13.0 Å². The highest BCUT2D eigenvalue weighted by Gasteiger charge is 2.26. The molecule has 0 spiro atoms. The third-order valence-electron chi connectivity index (χ3n) is 3.24. The lowest BCUT2D eigenvalue weighted by Crippen LogP contribution is -2.38. The van der Waals surface area contributed by atoms with Crippen LogP contribution in [-0.2, 0) is 16.1 Å². The molecule has 5 heteroatoms. The van der Waals surface area contributed by atoms with Gasteiger partial charge in [0.2, 0.25) is 0 Å². The highest BCUT2D eigenvalue weighted by atomic mass is 35.5. The molecule has 1 saturated heterocycles. The second-order valence-electron chi connectivity index (χ2n) is 4.58. The van der Waals surface area contributed by atoms with Crippen LogP contribution in [0.3, 0.4) is 0 Å². The SMILES string of the molecule is COC(=O)[C@H]1CCCN(Cc2ccnc(Cl)c2)C1. The van der Waals surface area contributed by atoms with Gasteiger partial charge in [0.15, 0.2) is 0 Å². The van der Waals surface area contributed by atoms with Gasteiger partial charge in [-0.3, -0.25) is 9.69 Å². The smallest absolute Gasteiger partial charge is 0.309 e. The minimum atomic E-state index is -0.104. The number of hydrogen-bond donors (Lipinski definition) is 0. The monoisotopic (exact) mass is 268 g/mol. The van der Waals surface area contributed by atoms with Crippen molar-refractivity contribution >= 4 is 17.6 Å². The molecule has 0 N–H and O–H groups in total. The van der Waals surface area contributed by atoms with Gasteiger partial charge in [-0.2, -0.15) is 0 Å². The summed E-state index contributed by atoms with van der Waals surface area (Å²) in [5.41, 5.74) is 1.13. The molecular weight excluding hydrogens is 252 g/mol. The Bertz CT molecular complexity index is 425. The maximum Gasteiger partial charge on any atom is 0.309 e. The average molecular weight is 269 g/mol. The summed E-state index contributed by atoms with van der Waals surface area (Å²) in [7, 11) is 1.45. The van der Waals surface area contributed by atoms with Gasteiger partial charge in [-0.1, -0.05) is 11.6 Å². The minimum Gasteiger partial charge on any atom is -0.469 e. The van der Waals surface area contributed by atoms with E-state index in [4.69, 9.17) is 16.3 Å². The van der Waals surface area contributed by atoms with E-state index >= 15 is 0 Å². The second kappa shape index (κ2) is 6.16. The van der Waals surface area contributed by atoms with Crippen LogP contribution in [0.15, 0.2) is 18.3 Å². The second-order valence-corrected chi connectivity index (χ2v) is 4.97. The molecule has 0 unspecified atom stereocenters. The maximum atomic E-state index is 11.5. The number of ether oxygens (including phenoxy) is 1. The van der Waals surface area contributed by atoms with Crippen molar-refractivity contribution in [2.45, 2.75) is 19.4 Å². The quantitative estimate of drug-likeness (QED) is 0.622. The minimum absolute atomic E-state index is 0.000981. The Labute approximate surface area is 112 Å². The first kappa shape index (κ1) is 13.3. The number of carbonyl (C=O) groups is 1. The molecule has 4 nitrogen and oxygen atoms in total. The molecule has 1 aliphatic rings. The zero-order valence-corrected chi connectivity index (χ0v) is 11.2. The number of esters is 1. The van der Waals surface area contributed by atoms with Crippen molar-refractivity contribution < 1.29 is 9.53 Å². The van der Waals surface area contributed by atoms with E-state index in [1.165, 1.54) is 7.11 Å². The fourth-order valence-corrected chi connectivity index (χ4v) is 2.55. The molecule has 1 atom stereocenters. The number of hydrogen-bond acceptors (Lipinski definition) is 4. The van der Waals surface area contributed by atoms with Crippen molar-refractivity contribution in [1.29, 1.82) is 0 Å². The Morgan fingerprint density at radius 1 is 1.67 bits per heavy atom. The normalized spacial score (nSPS) is 20.7. The predicted molar refractivity (Wildman–Crippen MR) is 69.3 cm³/mol. The molecule has 0 radical (unpaired) electrons. The van der Waals surface area contributed by atoms with Gasteiger partial charge < -0.3 is 4.74 Å². The lowest BCUT2D eigenvalue weighted by Gasteiger charge is -2.31. The maximum absolute atomic E-state index is 11.5. The van der Waals surface area contributed by atoms with Gasteiger partial charge in [-0.05, 0) is 37.1 Å². The number of piperidine rings is 1. The molecular formula is C13H17ClN2O2. The third kappa shape index (κ3) is 3.43. The van der Waals surface area contributed by atoms with Crippen LogP contribution in [0.2, 0.25) is 5.15 Å². The van der Waals surface area contributed by atoms with Gasteiger partial charge >= 0.3 is 5.97 Å². The number of likely N-dealkylation sites (tertiary alicyclic amines) is 1. The molecule has 0 bridgehead atoms. The van der Waals surface area contributed by atoms with Crippen molar-refractivity contribution in [3.05, 3.63) is 29.0 Å². The molecule has 0 amide bonds. The molecule has 0 saturated carbocycles. The Kier molecular flexibility index (Phi) is 4.55. The third-order valence-corrected chi connectivity index (χ3v) is 3.44. The molecule has 0 aromatic carbocycles. The summed E-state index contributed by atoms with van der Waals surface area (Å²) in [6.07, 6.45) is 3.65. The van der Waals surface area contributed by atoms with Crippen LogP contribution >= 0.6 is 11.6 Å². The lowest BCUT2D eigenvalue weighted by atomic mass is 9.98. The van der Waals surface area contributed by atoms with Gasteiger partial charge in [0.1, 0.15) is 5.15 Å². The summed E-state index contributed by atoms with van der Waals surface area (Å²) < 4.78 is 4.81. The number of carbonyl (C=O) groups excluding carboxylic acids is 1. The van der Waals surface area contributed by atoms with E-state index in [0.29, 0.717) is 5.15 Å². The molecule has 2 rings (SSSR count). The van der Waals surface area contributed by atoms with Crippen molar-refractivity contribution in [3.8, 4) is 0 Å². The number of nitrogens with zero attached hydrogens (tertiary/aromatic N) is 2. The van der Waals surface area contributed by atoms with Crippen molar-refractivity contribution in [2.24, 2.45) is 5.92 Å². The van der Waals surface area contributed by atoms with E-state index in [9.17, 15) is 4.79 Å². The first-order chi connectivity index (χ1) is 8.69. The molecule has 1 aromatic rings. The molecule has 98 valence electrons. The van der Waals surface area contributed by atoms with Crippen molar-refractivity contribution in [3.63, 3.8) is 0 Å². The average Bonchev–Trinajstić information content (AvgIpc) is 2.38. The standard InChI is InChI=1S/C13H17ClN2O2/c1-18-13(17)11-3-2-6-16(9-11)8-10-4-5-15-12(14)7-10/h4-5,7,11H,2-3,6,8-9H2,1H3/t11-/m0/s1. The van der Waals surface area contributed by atoms with Gasteiger partial charge in [0.25, 0.3) is 0 Å². The number of methoxy groups -OCH3 is 1. The van der Waals surface area contributed by atoms with E-state index < -0.39 is 0 Å². The summed E-state index contributed by atoms with van der Waals surface area (Å²) in [5.74, 6) is -0.103. The fourth-order valence-electron chi connectivity index (χ4n) is 2.36. The molecule has 0 aliphatic carbocycles. The molecule has 1 aliphatic heterocycles. The van der Waals surface area contributed by atoms with Crippen LogP contribution in [0.4, 0.5) is 0 Å². The molecule has 2 heterocycles. The number of pyridine rings is 1. The van der Waals surface area contributed by atoms with E-state index in [1.54, 1.807) is 6.20 Å². The highest BCUT2D eigenvalue weighted by Crippen LogP contribution is 2.20. The zero-order valence-electron chi connectivity index (χ0n) is 10.4. The van der Waals surface area contributed by atoms with Crippen LogP contribution in [0.1, 0.15) is 18.4 Å². The van der Waals surface area contributed by atoms with Crippen LogP contribution in [0, 0.1) is 5.92 Å². The van der Waals surface area contributed by atoms with Crippen LogP contribution < -0.4 is 0 Å². The zero-order chi connectivity index (χ0) is 13.0. The summed E-state index contributed by atoms with van der Waals surface area (Å²) in [5, 5.41) is 0.508. The summed E-state index contributed by atoms with van der Waals surface area (Å²) in [6, 6.07) is 3.82. The van der Waals surface area contributed by atoms with Crippen molar-refractivity contribution in [2.75, 3.05) is 20.2 Å². The van der Waals surface area contributed by atoms with E-state index in [1.807, 2.05) is 12.1 Å². The van der Waals surface area contributed by atoms with Gasteiger partial charge in [-0.15, -0.1) is 0 Å². The fraction of sp³-hybridized carbons (Fsp3) is 0.538. The topological polar surface area (TPSA) is 42.4 Å².